The summed E-state index contributed by atoms with van der Waals surface area (Å²) in [6, 6.07) is 0. The summed E-state index contributed by atoms with van der Waals surface area (Å²) in [7, 11) is 0. The Bertz CT molecular complexity index is 154. The molecule has 12 heavy (non-hydrogen) atoms. The van der Waals surface area contributed by atoms with E-state index in [9.17, 15) is 4.79 Å². The van der Waals surface area contributed by atoms with Gasteiger partial charge in [0.25, 0.3) is 0 Å². The van der Waals surface area contributed by atoms with Gasteiger partial charge in [-0.25, -0.2) is 0 Å². The van der Waals surface area contributed by atoms with Gasteiger partial charge in [-0.15, -0.1) is 0 Å². The van der Waals surface area contributed by atoms with Crippen molar-refractivity contribution in [2.24, 2.45) is 11.8 Å². The highest BCUT2D eigenvalue weighted by Gasteiger charge is 2.21. The van der Waals surface area contributed by atoms with Crippen LogP contribution < -0.4 is 0 Å². The summed E-state index contributed by atoms with van der Waals surface area (Å²) in [4.78, 5) is 10.3. The van der Waals surface area contributed by atoms with Crippen molar-refractivity contribution in [2.45, 2.75) is 45.4 Å². The van der Waals surface area contributed by atoms with Crippen molar-refractivity contribution in [3.63, 3.8) is 0 Å². The minimum atomic E-state index is -0.646. The molecule has 0 bridgehead atoms. The summed E-state index contributed by atoms with van der Waals surface area (Å²) < 4.78 is 0. The molecule has 70 valence electrons. The highest BCUT2D eigenvalue weighted by atomic mass is 16.4. The maximum atomic E-state index is 10.3. The second-order valence-electron chi connectivity index (χ2n) is 3.95. The zero-order valence-electron chi connectivity index (χ0n) is 7.75. The molecule has 0 amide bonds. The normalized spacial score (nSPS) is 30.1. The van der Waals surface area contributed by atoms with Crippen LogP contribution in [0.15, 0.2) is 0 Å². The molecule has 0 heterocycles. The van der Waals surface area contributed by atoms with E-state index in [4.69, 9.17) is 5.11 Å². The monoisotopic (exact) mass is 170 g/mol. The fourth-order valence-corrected chi connectivity index (χ4v) is 2.13. The van der Waals surface area contributed by atoms with Crippen molar-refractivity contribution in [1.82, 2.24) is 0 Å². The van der Waals surface area contributed by atoms with E-state index in [1.54, 1.807) is 0 Å². The molecule has 1 aliphatic rings. The number of carboxylic acids is 1. The predicted octanol–water partition coefficient (Wildman–Crippen LogP) is 2.68. The fourth-order valence-electron chi connectivity index (χ4n) is 2.13. The van der Waals surface area contributed by atoms with Crippen LogP contribution in [0.1, 0.15) is 45.4 Å². The van der Waals surface area contributed by atoms with Crippen molar-refractivity contribution in [1.29, 1.82) is 0 Å². The van der Waals surface area contributed by atoms with Gasteiger partial charge in [-0.1, -0.05) is 32.6 Å². The second-order valence-corrected chi connectivity index (χ2v) is 3.95. The van der Waals surface area contributed by atoms with Gasteiger partial charge in [0, 0.05) is 6.42 Å². The number of hydrogen-bond donors (Lipinski definition) is 1. The van der Waals surface area contributed by atoms with Gasteiger partial charge in [-0.05, 0) is 18.3 Å². The minimum absolute atomic E-state index is 0.356. The van der Waals surface area contributed by atoms with E-state index in [2.05, 4.69) is 6.92 Å². The molecule has 0 spiro atoms. The van der Waals surface area contributed by atoms with E-state index in [1.807, 2.05) is 0 Å². The zero-order chi connectivity index (χ0) is 8.97. The number of rotatable bonds is 3. The van der Waals surface area contributed by atoms with Crippen LogP contribution in [0.5, 0.6) is 0 Å². The zero-order valence-corrected chi connectivity index (χ0v) is 7.75. The van der Waals surface area contributed by atoms with Gasteiger partial charge < -0.3 is 5.11 Å². The van der Waals surface area contributed by atoms with Crippen molar-refractivity contribution in [2.75, 3.05) is 0 Å². The molecule has 0 aromatic heterocycles. The number of carbonyl (C=O) groups is 1. The van der Waals surface area contributed by atoms with E-state index in [-0.39, 0.29) is 0 Å². The third-order valence-corrected chi connectivity index (χ3v) is 3.02. The van der Waals surface area contributed by atoms with Gasteiger partial charge in [0.05, 0.1) is 0 Å². The first-order valence-corrected chi connectivity index (χ1v) is 4.92. The molecule has 0 saturated heterocycles. The topological polar surface area (TPSA) is 37.3 Å². The van der Waals surface area contributed by atoms with Gasteiger partial charge in [0.1, 0.15) is 0 Å². The third-order valence-electron chi connectivity index (χ3n) is 3.02. The van der Waals surface area contributed by atoms with Gasteiger partial charge in [-0.3, -0.25) is 4.79 Å². The lowest BCUT2D eigenvalue weighted by Gasteiger charge is -2.28. The lowest BCUT2D eigenvalue weighted by molar-refractivity contribution is -0.137. The fraction of sp³-hybridized carbons (Fsp3) is 0.900. The Morgan fingerprint density at radius 3 is 2.67 bits per heavy atom. The van der Waals surface area contributed by atoms with E-state index in [0.29, 0.717) is 12.3 Å². The van der Waals surface area contributed by atoms with Crippen LogP contribution in [-0.4, -0.2) is 11.1 Å². The Hall–Kier alpha value is -0.530. The Morgan fingerprint density at radius 1 is 1.42 bits per heavy atom. The van der Waals surface area contributed by atoms with Crippen molar-refractivity contribution < 1.29 is 9.90 Å². The first kappa shape index (κ1) is 9.56. The number of aliphatic carboxylic acids is 1. The van der Waals surface area contributed by atoms with Crippen LogP contribution >= 0.6 is 0 Å². The lowest BCUT2D eigenvalue weighted by atomic mass is 9.78. The van der Waals surface area contributed by atoms with Crippen LogP contribution in [0.3, 0.4) is 0 Å². The molecule has 2 nitrogen and oxygen atoms in total. The van der Waals surface area contributed by atoms with E-state index < -0.39 is 5.97 Å². The summed E-state index contributed by atoms with van der Waals surface area (Å²) in [5, 5.41) is 8.53. The molecule has 1 N–H and O–H groups in total. The molecule has 2 atom stereocenters. The van der Waals surface area contributed by atoms with E-state index in [1.165, 1.54) is 25.7 Å². The summed E-state index contributed by atoms with van der Waals surface area (Å²) >= 11 is 0. The summed E-state index contributed by atoms with van der Waals surface area (Å²) in [5.41, 5.74) is 0. The Balaban J connectivity index is 2.24. The van der Waals surface area contributed by atoms with Crippen molar-refractivity contribution in [3.8, 4) is 0 Å². The Morgan fingerprint density at radius 2 is 2.08 bits per heavy atom. The van der Waals surface area contributed by atoms with Crippen molar-refractivity contribution in [3.05, 3.63) is 0 Å². The SMILES string of the molecule is C[C@@H]1CCCCC1CCC(=O)O. The van der Waals surface area contributed by atoms with Gasteiger partial charge in [-0.2, -0.15) is 0 Å². The first-order valence-electron chi connectivity index (χ1n) is 4.92. The average Bonchev–Trinajstić information content (AvgIpc) is 2.03. The summed E-state index contributed by atoms with van der Waals surface area (Å²) in [6.45, 7) is 2.26. The highest BCUT2D eigenvalue weighted by Crippen LogP contribution is 2.32. The van der Waals surface area contributed by atoms with Crippen LogP contribution in [0.4, 0.5) is 0 Å². The smallest absolute Gasteiger partial charge is 0.303 e. The van der Waals surface area contributed by atoms with Crippen molar-refractivity contribution >= 4 is 5.97 Å². The maximum absolute atomic E-state index is 10.3. The molecule has 0 aromatic rings. The van der Waals surface area contributed by atoms with E-state index in [0.717, 1.165) is 12.3 Å². The average molecular weight is 170 g/mol. The third kappa shape index (κ3) is 2.84. The Kier molecular flexibility index (Phi) is 3.57. The molecule has 1 saturated carbocycles. The molecule has 0 aromatic carbocycles. The van der Waals surface area contributed by atoms with Crippen LogP contribution in [-0.2, 0) is 4.79 Å². The number of hydrogen-bond acceptors (Lipinski definition) is 1. The van der Waals surface area contributed by atoms with Crippen LogP contribution in [0, 0.1) is 11.8 Å². The molecular weight excluding hydrogens is 152 g/mol. The van der Waals surface area contributed by atoms with E-state index >= 15 is 0 Å². The lowest BCUT2D eigenvalue weighted by Crippen LogP contribution is -2.17. The minimum Gasteiger partial charge on any atom is -0.481 e. The summed E-state index contributed by atoms with van der Waals surface area (Å²) in [5.74, 6) is 0.778. The molecule has 1 rings (SSSR count). The van der Waals surface area contributed by atoms with Gasteiger partial charge in [0.2, 0.25) is 0 Å². The summed E-state index contributed by atoms with van der Waals surface area (Å²) in [6.07, 6.45) is 6.42. The molecule has 0 radical (unpaired) electrons. The molecule has 0 aliphatic heterocycles. The highest BCUT2D eigenvalue weighted by molar-refractivity contribution is 5.66. The molecule has 1 aliphatic carbocycles. The van der Waals surface area contributed by atoms with Crippen LogP contribution in [0.2, 0.25) is 0 Å². The standard InChI is InChI=1S/C10H18O2/c1-8-4-2-3-5-9(8)6-7-10(11)12/h8-9H,2-7H2,1H3,(H,11,12)/t8-,9?/m1/s1. The predicted molar refractivity (Wildman–Crippen MR) is 48.0 cm³/mol. The second kappa shape index (κ2) is 4.48. The number of carboxylic acid groups (broad SMARTS) is 1. The maximum Gasteiger partial charge on any atom is 0.303 e. The largest absolute Gasteiger partial charge is 0.481 e. The molecule has 1 unspecified atom stereocenters. The molecule has 2 heteroatoms. The molecular formula is C10H18O2. The van der Waals surface area contributed by atoms with Crippen LogP contribution in [0.25, 0.3) is 0 Å². The Labute approximate surface area is 74.0 Å². The van der Waals surface area contributed by atoms with Gasteiger partial charge in [0.15, 0.2) is 0 Å². The quantitative estimate of drug-likeness (QED) is 0.707. The van der Waals surface area contributed by atoms with Gasteiger partial charge >= 0.3 is 5.97 Å². The molecule has 1 fully saturated rings. The first-order chi connectivity index (χ1) is 5.70.